The van der Waals surface area contributed by atoms with Crippen molar-refractivity contribution in [2.45, 2.75) is 65.1 Å². The standard InChI is InChI=1S/C26H29BO2/c1-24(2,3)16-11-12-17-18-9-8-10-20-22(14-13-19(23(18)20)21(17)15-16)27-28-25(4,5)26(6,7)29-27/h8-15H,1-7H3. The highest BCUT2D eigenvalue weighted by Crippen LogP contribution is 2.48. The van der Waals surface area contributed by atoms with Crippen molar-refractivity contribution < 1.29 is 9.31 Å². The quantitative estimate of drug-likeness (QED) is 0.370. The Morgan fingerprint density at radius 1 is 0.724 bits per heavy atom. The molecule has 3 aromatic rings. The minimum Gasteiger partial charge on any atom is -0.399 e. The van der Waals surface area contributed by atoms with E-state index in [9.17, 15) is 0 Å². The zero-order valence-corrected chi connectivity index (χ0v) is 18.5. The average molecular weight is 384 g/mol. The maximum Gasteiger partial charge on any atom is 0.495 e. The van der Waals surface area contributed by atoms with Crippen LogP contribution in [0.25, 0.3) is 33.0 Å². The summed E-state index contributed by atoms with van der Waals surface area (Å²) in [5, 5.41) is 2.55. The summed E-state index contributed by atoms with van der Waals surface area (Å²) < 4.78 is 12.8. The highest BCUT2D eigenvalue weighted by atomic mass is 16.7. The van der Waals surface area contributed by atoms with Gasteiger partial charge in [-0.2, -0.15) is 0 Å². The van der Waals surface area contributed by atoms with Crippen LogP contribution >= 0.6 is 0 Å². The molecule has 0 spiro atoms. The van der Waals surface area contributed by atoms with E-state index >= 15 is 0 Å². The summed E-state index contributed by atoms with van der Waals surface area (Å²) in [6.07, 6.45) is 0. The highest BCUT2D eigenvalue weighted by molar-refractivity contribution is 6.65. The number of hydrogen-bond acceptors (Lipinski definition) is 2. The van der Waals surface area contributed by atoms with Crippen molar-refractivity contribution in [3.63, 3.8) is 0 Å². The van der Waals surface area contributed by atoms with Crippen molar-refractivity contribution in [2.75, 3.05) is 0 Å². The minimum atomic E-state index is -0.349. The van der Waals surface area contributed by atoms with Gasteiger partial charge in [0.25, 0.3) is 0 Å². The summed E-state index contributed by atoms with van der Waals surface area (Å²) in [5.74, 6) is 0. The molecule has 1 heterocycles. The third kappa shape index (κ3) is 2.64. The zero-order chi connectivity index (χ0) is 20.8. The second-order valence-corrected chi connectivity index (χ2v) is 10.5. The van der Waals surface area contributed by atoms with E-state index in [4.69, 9.17) is 9.31 Å². The lowest BCUT2D eigenvalue weighted by molar-refractivity contribution is 0.00578. The van der Waals surface area contributed by atoms with E-state index < -0.39 is 0 Å². The molecule has 2 aliphatic rings. The first-order valence-electron chi connectivity index (χ1n) is 10.6. The van der Waals surface area contributed by atoms with Crippen molar-refractivity contribution in [2.24, 2.45) is 0 Å². The summed E-state index contributed by atoms with van der Waals surface area (Å²) in [4.78, 5) is 0. The van der Waals surface area contributed by atoms with Gasteiger partial charge in [-0.1, -0.05) is 63.2 Å². The van der Waals surface area contributed by atoms with E-state index in [1.54, 1.807) is 0 Å². The molecule has 0 radical (unpaired) electrons. The molecule has 0 aromatic heterocycles. The number of benzene rings is 3. The van der Waals surface area contributed by atoms with E-state index in [1.165, 1.54) is 38.6 Å². The van der Waals surface area contributed by atoms with Crippen LogP contribution in [0.2, 0.25) is 0 Å². The van der Waals surface area contributed by atoms with Crippen LogP contribution in [0.15, 0.2) is 48.5 Å². The smallest absolute Gasteiger partial charge is 0.399 e. The molecule has 3 aromatic carbocycles. The van der Waals surface area contributed by atoms with Crippen molar-refractivity contribution in [1.82, 2.24) is 0 Å². The molecule has 148 valence electrons. The second-order valence-electron chi connectivity index (χ2n) is 10.5. The third-order valence-corrected chi connectivity index (χ3v) is 7.05. The normalized spacial score (nSPS) is 19.1. The van der Waals surface area contributed by atoms with Crippen molar-refractivity contribution >= 4 is 23.4 Å². The predicted octanol–water partition coefficient (Wildman–Crippen LogP) is 6.08. The molecule has 1 fully saturated rings. The molecule has 0 saturated carbocycles. The number of hydrogen-bond donors (Lipinski definition) is 0. The van der Waals surface area contributed by atoms with Crippen LogP contribution in [-0.4, -0.2) is 18.3 Å². The molecule has 3 heteroatoms. The maximum atomic E-state index is 6.38. The molecule has 0 atom stereocenters. The van der Waals surface area contributed by atoms with Gasteiger partial charge in [0.2, 0.25) is 0 Å². The van der Waals surface area contributed by atoms with Crippen LogP contribution in [0.3, 0.4) is 0 Å². The average Bonchev–Trinajstić information content (AvgIpc) is 3.06. The first kappa shape index (κ1) is 18.9. The summed E-state index contributed by atoms with van der Waals surface area (Å²) in [6.45, 7) is 15.2. The van der Waals surface area contributed by atoms with Crippen molar-refractivity contribution in [1.29, 1.82) is 0 Å². The van der Waals surface area contributed by atoms with Gasteiger partial charge in [0, 0.05) is 0 Å². The fourth-order valence-corrected chi connectivity index (χ4v) is 4.52. The molecule has 2 nitrogen and oxygen atoms in total. The molecule has 29 heavy (non-hydrogen) atoms. The molecular formula is C26H29BO2. The Kier molecular flexibility index (Phi) is 3.74. The van der Waals surface area contributed by atoms with Gasteiger partial charge < -0.3 is 9.31 Å². The van der Waals surface area contributed by atoms with Crippen LogP contribution in [-0.2, 0) is 14.7 Å². The van der Waals surface area contributed by atoms with Crippen molar-refractivity contribution in [3.8, 4) is 22.3 Å². The van der Waals surface area contributed by atoms with E-state index in [-0.39, 0.29) is 23.7 Å². The van der Waals surface area contributed by atoms with Gasteiger partial charge in [0.1, 0.15) is 0 Å². The van der Waals surface area contributed by atoms with Crippen LogP contribution in [0.4, 0.5) is 0 Å². The SMILES string of the molecule is CC(C)(C)c1ccc2c(c1)-c1ccc(B3OC(C)(C)C(C)(C)O3)c3cccc-2c13. The Hall–Kier alpha value is -2.10. The molecule has 5 rings (SSSR count). The molecule has 1 saturated heterocycles. The predicted molar refractivity (Wildman–Crippen MR) is 123 cm³/mol. The molecule has 0 bridgehead atoms. The van der Waals surface area contributed by atoms with Gasteiger partial charge in [-0.3, -0.25) is 0 Å². The monoisotopic (exact) mass is 384 g/mol. The molecule has 0 N–H and O–H groups in total. The van der Waals surface area contributed by atoms with Gasteiger partial charge in [0.15, 0.2) is 0 Å². The lowest BCUT2D eigenvalue weighted by Gasteiger charge is -2.32. The lowest BCUT2D eigenvalue weighted by Crippen LogP contribution is -2.41. The lowest BCUT2D eigenvalue weighted by atomic mass is 9.75. The van der Waals surface area contributed by atoms with Crippen LogP contribution < -0.4 is 5.46 Å². The summed E-state index contributed by atoms with van der Waals surface area (Å²) in [6, 6.07) is 18.0. The van der Waals surface area contributed by atoms with E-state index in [1.807, 2.05) is 0 Å². The van der Waals surface area contributed by atoms with Gasteiger partial charge in [-0.15, -0.1) is 0 Å². The first-order valence-corrected chi connectivity index (χ1v) is 10.6. The molecule has 0 unspecified atom stereocenters. The molecular weight excluding hydrogens is 355 g/mol. The van der Waals surface area contributed by atoms with Crippen molar-refractivity contribution in [3.05, 3.63) is 54.1 Å². The Balaban J connectivity index is 1.70. The Labute approximate surface area is 174 Å². The van der Waals surface area contributed by atoms with Crippen LogP contribution in [0.5, 0.6) is 0 Å². The summed E-state index contributed by atoms with van der Waals surface area (Å²) in [5.41, 5.74) is 7.22. The fourth-order valence-electron chi connectivity index (χ4n) is 4.52. The van der Waals surface area contributed by atoms with Crippen LogP contribution in [0, 0.1) is 0 Å². The van der Waals surface area contributed by atoms with E-state index in [0.717, 1.165) is 5.46 Å². The molecule has 0 amide bonds. The minimum absolute atomic E-state index is 0.131. The highest BCUT2D eigenvalue weighted by Gasteiger charge is 2.52. The fraction of sp³-hybridized carbons (Fsp3) is 0.385. The van der Waals surface area contributed by atoms with Crippen LogP contribution in [0.1, 0.15) is 54.0 Å². The third-order valence-electron chi connectivity index (χ3n) is 7.05. The molecule has 1 aliphatic heterocycles. The number of rotatable bonds is 1. The summed E-state index contributed by atoms with van der Waals surface area (Å²) >= 11 is 0. The Morgan fingerprint density at radius 3 is 2.00 bits per heavy atom. The summed E-state index contributed by atoms with van der Waals surface area (Å²) in [7, 11) is -0.349. The topological polar surface area (TPSA) is 18.5 Å². The Bertz CT molecular complexity index is 1140. The van der Waals surface area contributed by atoms with Gasteiger partial charge in [0.05, 0.1) is 11.2 Å². The zero-order valence-electron chi connectivity index (χ0n) is 18.5. The Morgan fingerprint density at radius 2 is 1.34 bits per heavy atom. The van der Waals surface area contributed by atoms with E-state index in [2.05, 4.69) is 97.0 Å². The van der Waals surface area contributed by atoms with E-state index in [0.29, 0.717) is 0 Å². The second kappa shape index (κ2) is 5.74. The number of fused-ring (bicyclic) bond motifs is 3. The van der Waals surface area contributed by atoms with Gasteiger partial charge in [-0.25, -0.2) is 0 Å². The van der Waals surface area contributed by atoms with Gasteiger partial charge in [-0.05, 0) is 83.2 Å². The maximum absolute atomic E-state index is 6.38. The largest absolute Gasteiger partial charge is 0.495 e. The first-order chi connectivity index (χ1) is 13.5. The van der Waals surface area contributed by atoms with Gasteiger partial charge >= 0.3 is 7.12 Å². The molecule has 1 aliphatic carbocycles.